The van der Waals surface area contributed by atoms with Crippen molar-refractivity contribution in [2.24, 2.45) is 5.10 Å². The zero-order valence-electron chi connectivity index (χ0n) is 11.7. The second-order valence-electron chi connectivity index (χ2n) is 4.37. The number of furan rings is 1. The molecule has 0 radical (unpaired) electrons. The molecule has 1 aromatic carbocycles. The van der Waals surface area contributed by atoms with Gasteiger partial charge in [-0.25, -0.2) is 5.43 Å². The quantitative estimate of drug-likeness (QED) is 0.668. The minimum absolute atomic E-state index is 0.126. The van der Waals surface area contributed by atoms with Gasteiger partial charge in [-0.15, -0.1) is 0 Å². The number of benzene rings is 1. The van der Waals surface area contributed by atoms with E-state index in [1.54, 1.807) is 31.2 Å². The molecule has 2 rings (SSSR count). The maximum Gasteiger partial charge on any atom is 0.307 e. The van der Waals surface area contributed by atoms with Crippen molar-refractivity contribution in [2.75, 3.05) is 5.32 Å². The van der Waals surface area contributed by atoms with E-state index < -0.39 is 5.91 Å². The molecule has 6 heteroatoms. The van der Waals surface area contributed by atoms with Gasteiger partial charge in [0, 0.05) is 12.6 Å². The first kappa shape index (κ1) is 14.5. The second-order valence-corrected chi connectivity index (χ2v) is 4.37. The molecule has 0 bridgehead atoms. The summed E-state index contributed by atoms with van der Waals surface area (Å²) in [6.45, 7) is 3.22. The Morgan fingerprint density at radius 2 is 1.81 bits per heavy atom. The van der Waals surface area contributed by atoms with E-state index in [1.165, 1.54) is 13.2 Å². The Morgan fingerprint density at radius 1 is 1.10 bits per heavy atom. The lowest BCUT2D eigenvalue weighted by atomic mass is 10.1. The standard InChI is InChI=1S/C15H15N3O3/c1-10(17-18-15(20)14-4-3-9-21-14)12-5-7-13(8-6-12)16-11(2)19/h3-9H,1-2H3,(H,16,19)(H,18,20). The van der Waals surface area contributed by atoms with Gasteiger partial charge in [-0.2, -0.15) is 5.10 Å². The second kappa shape index (κ2) is 6.51. The van der Waals surface area contributed by atoms with E-state index in [0.29, 0.717) is 11.4 Å². The van der Waals surface area contributed by atoms with E-state index in [2.05, 4.69) is 15.8 Å². The van der Waals surface area contributed by atoms with Crippen LogP contribution in [0.15, 0.2) is 52.2 Å². The van der Waals surface area contributed by atoms with Crippen molar-refractivity contribution in [2.45, 2.75) is 13.8 Å². The van der Waals surface area contributed by atoms with E-state index in [0.717, 1.165) is 5.56 Å². The van der Waals surface area contributed by atoms with Crippen molar-refractivity contribution in [3.05, 3.63) is 54.0 Å². The maximum atomic E-state index is 11.7. The number of nitrogens with one attached hydrogen (secondary N) is 2. The number of nitrogens with zero attached hydrogens (tertiary/aromatic N) is 1. The van der Waals surface area contributed by atoms with Crippen molar-refractivity contribution in [1.82, 2.24) is 5.43 Å². The summed E-state index contributed by atoms with van der Waals surface area (Å²) in [5.74, 6) is -0.333. The molecule has 0 saturated carbocycles. The number of carbonyl (C=O) groups excluding carboxylic acids is 2. The van der Waals surface area contributed by atoms with E-state index in [9.17, 15) is 9.59 Å². The van der Waals surface area contributed by atoms with Gasteiger partial charge in [0.05, 0.1) is 12.0 Å². The van der Waals surface area contributed by atoms with Crippen LogP contribution in [0.1, 0.15) is 30.0 Å². The van der Waals surface area contributed by atoms with Crippen molar-refractivity contribution < 1.29 is 14.0 Å². The van der Waals surface area contributed by atoms with Crippen LogP contribution < -0.4 is 10.7 Å². The van der Waals surface area contributed by atoms with Crippen molar-refractivity contribution in [3.63, 3.8) is 0 Å². The molecule has 0 fully saturated rings. The molecule has 2 aromatic rings. The smallest absolute Gasteiger partial charge is 0.307 e. The van der Waals surface area contributed by atoms with Gasteiger partial charge in [-0.3, -0.25) is 9.59 Å². The number of hydrogen-bond acceptors (Lipinski definition) is 4. The summed E-state index contributed by atoms with van der Waals surface area (Å²) in [5.41, 5.74) is 4.60. The van der Waals surface area contributed by atoms with Gasteiger partial charge in [0.2, 0.25) is 5.91 Å². The predicted octanol–water partition coefficient (Wildman–Crippen LogP) is 2.39. The van der Waals surface area contributed by atoms with E-state index >= 15 is 0 Å². The van der Waals surface area contributed by atoms with Crippen LogP contribution in [0.5, 0.6) is 0 Å². The highest BCUT2D eigenvalue weighted by Crippen LogP contribution is 2.10. The fourth-order valence-corrected chi connectivity index (χ4v) is 1.66. The van der Waals surface area contributed by atoms with Gasteiger partial charge < -0.3 is 9.73 Å². The molecule has 2 N–H and O–H groups in total. The Balaban J connectivity index is 2.02. The van der Waals surface area contributed by atoms with Crippen LogP contribution in [0, 0.1) is 0 Å². The molecule has 6 nitrogen and oxygen atoms in total. The lowest BCUT2D eigenvalue weighted by Crippen LogP contribution is -2.18. The zero-order valence-corrected chi connectivity index (χ0v) is 11.7. The summed E-state index contributed by atoms with van der Waals surface area (Å²) in [7, 11) is 0. The van der Waals surface area contributed by atoms with Crippen LogP contribution in [0.2, 0.25) is 0 Å². The van der Waals surface area contributed by atoms with Gasteiger partial charge in [0.15, 0.2) is 5.76 Å². The molecular weight excluding hydrogens is 270 g/mol. The van der Waals surface area contributed by atoms with Gasteiger partial charge >= 0.3 is 5.91 Å². The molecule has 0 saturated heterocycles. The number of amides is 2. The monoisotopic (exact) mass is 285 g/mol. The number of hydrogen-bond donors (Lipinski definition) is 2. The first-order chi connectivity index (χ1) is 10.1. The topological polar surface area (TPSA) is 83.7 Å². The molecule has 0 aliphatic carbocycles. The van der Waals surface area contributed by atoms with E-state index in [-0.39, 0.29) is 11.7 Å². The average molecular weight is 285 g/mol. The molecule has 108 valence electrons. The van der Waals surface area contributed by atoms with Crippen molar-refractivity contribution >= 4 is 23.2 Å². The molecule has 1 heterocycles. The Kier molecular flexibility index (Phi) is 4.50. The third-order valence-corrected chi connectivity index (χ3v) is 2.69. The Hall–Kier alpha value is -2.89. The number of hydrazone groups is 1. The largest absolute Gasteiger partial charge is 0.459 e. The third kappa shape index (κ3) is 4.04. The maximum absolute atomic E-state index is 11.7. The minimum Gasteiger partial charge on any atom is -0.459 e. The SMILES string of the molecule is CC(=O)Nc1ccc(C(C)=NNC(=O)c2ccco2)cc1. The first-order valence-electron chi connectivity index (χ1n) is 6.32. The van der Waals surface area contributed by atoms with Crippen LogP contribution in [0.4, 0.5) is 5.69 Å². The van der Waals surface area contributed by atoms with E-state index in [1.807, 2.05) is 12.1 Å². The van der Waals surface area contributed by atoms with Crippen LogP contribution in [-0.4, -0.2) is 17.5 Å². The van der Waals surface area contributed by atoms with Crippen LogP contribution >= 0.6 is 0 Å². The molecule has 0 unspecified atom stereocenters. The number of rotatable bonds is 4. The fraction of sp³-hybridized carbons (Fsp3) is 0.133. The fourth-order valence-electron chi connectivity index (χ4n) is 1.66. The highest BCUT2D eigenvalue weighted by atomic mass is 16.3. The summed E-state index contributed by atoms with van der Waals surface area (Å²) in [6, 6.07) is 10.3. The van der Waals surface area contributed by atoms with Crippen LogP contribution in [-0.2, 0) is 4.79 Å². The lowest BCUT2D eigenvalue weighted by molar-refractivity contribution is -0.114. The summed E-state index contributed by atoms with van der Waals surface area (Å²) in [4.78, 5) is 22.6. The number of anilines is 1. The van der Waals surface area contributed by atoms with Gasteiger partial charge in [-0.05, 0) is 36.8 Å². The minimum atomic E-state index is -0.408. The summed E-state index contributed by atoms with van der Waals surface area (Å²) in [6.07, 6.45) is 1.42. The van der Waals surface area contributed by atoms with Crippen LogP contribution in [0.3, 0.4) is 0 Å². The van der Waals surface area contributed by atoms with Crippen molar-refractivity contribution in [3.8, 4) is 0 Å². The molecule has 0 spiro atoms. The molecule has 1 aromatic heterocycles. The third-order valence-electron chi connectivity index (χ3n) is 2.69. The average Bonchev–Trinajstić information content (AvgIpc) is 2.99. The number of carbonyl (C=O) groups is 2. The van der Waals surface area contributed by atoms with Gasteiger partial charge in [0.25, 0.3) is 0 Å². The van der Waals surface area contributed by atoms with Gasteiger partial charge in [0.1, 0.15) is 0 Å². The molecule has 0 aliphatic rings. The normalized spacial score (nSPS) is 11.0. The lowest BCUT2D eigenvalue weighted by Gasteiger charge is -2.04. The molecule has 2 amide bonds. The highest BCUT2D eigenvalue weighted by Gasteiger charge is 2.07. The zero-order chi connectivity index (χ0) is 15.2. The first-order valence-corrected chi connectivity index (χ1v) is 6.32. The highest BCUT2D eigenvalue weighted by molar-refractivity contribution is 6.00. The molecule has 0 atom stereocenters. The molecular formula is C15H15N3O3. The van der Waals surface area contributed by atoms with Crippen molar-refractivity contribution in [1.29, 1.82) is 0 Å². The van der Waals surface area contributed by atoms with Gasteiger partial charge in [-0.1, -0.05) is 12.1 Å². The summed E-state index contributed by atoms with van der Waals surface area (Å²) in [5, 5.41) is 6.69. The molecule has 0 aliphatic heterocycles. The summed E-state index contributed by atoms with van der Waals surface area (Å²) >= 11 is 0. The van der Waals surface area contributed by atoms with E-state index in [4.69, 9.17) is 4.42 Å². The van der Waals surface area contributed by atoms with Crippen LogP contribution in [0.25, 0.3) is 0 Å². The predicted molar refractivity (Wildman–Crippen MR) is 79.1 cm³/mol. The Labute approximate surface area is 121 Å². The summed E-state index contributed by atoms with van der Waals surface area (Å²) < 4.78 is 4.96. The Bertz CT molecular complexity index is 658. The molecule has 21 heavy (non-hydrogen) atoms. The Morgan fingerprint density at radius 3 is 2.38 bits per heavy atom.